The predicted molar refractivity (Wildman–Crippen MR) is 68.9 cm³/mol. The van der Waals surface area contributed by atoms with Crippen molar-refractivity contribution in [3.8, 4) is 0 Å². The Bertz CT molecular complexity index is 316. The fourth-order valence-electron chi connectivity index (χ4n) is 3.60. The Kier molecular flexibility index (Phi) is 3.56. The molecule has 2 saturated carbocycles. The number of halogens is 1. The molecular weight excluding hydrogens is 284 g/mol. The molecule has 0 aromatic carbocycles. The molecule has 3 atom stereocenters. The van der Waals surface area contributed by atoms with Crippen LogP contribution in [0.4, 0.5) is 0 Å². The molecular formula is C13H21BrO3. The van der Waals surface area contributed by atoms with Gasteiger partial charge < -0.3 is 9.47 Å². The molecule has 98 valence electrons. The maximum Gasteiger partial charge on any atom is 0.318 e. The molecule has 0 aliphatic heterocycles. The maximum absolute atomic E-state index is 11.0. The molecule has 3 nitrogen and oxygen atoms in total. The van der Waals surface area contributed by atoms with Gasteiger partial charge in [-0.2, -0.15) is 0 Å². The summed E-state index contributed by atoms with van der Waals surface area (Å²) in [5, 5.41) is 0.229. The van der Waals surface area contributed by atoms with E-state index in [-0.39, 0.29) is 29.6 Å². The van der Waals surface area contributed by atoms with Crippen molar-refractivity contribution in [1.82, 2.24) is 0 Å². The third-order valence-corrected chi connectivity index (χ3v) is 5.77. The van der Waals surface area contributed by atoms with Crippen molar-refractivity contribution >= 4 is 21.9 Å². The van der Waals surface area contributed by atoms with Crippen LogP contribution >= 0.6 is 15.9 Å². The molecule has 0 N–H and O–H groups in total. The van der Waals surface area contributed by atoms with Crippen LogP contribution < -0.4 is 0 Å². The molecule has 0 aromatic heterocycles. The molecule has 0 amide bonds. The second-order valence-corrected chi connectivity index (χ2v) is 6.59. The topological polar surface area (TPSA) is 35.5 Å². The number of hydrogen-bond acceptors (Lipinski definition) is 3. The molecule has 2 rings (SSSR count). The maximum atomic E-state index is 11.0. The highest BCUT2D eigenvalue weighted by atomic mass is 79.9. The first kappa shape index (κ1) is 13.3. The number of ether oxygens (including phenoxy) is 2. The largest absolute Gasteiger partial charge is 0.438 e. The molecule has 4 heteroatoms. The number of esters is 1. The van der Waals surface area contributed by atoms with Gasteiger partial charge in [0.15, 0.2) is 6.79 Å². The summed E-state index contributed by atoms with van der Waals surface area (Å²) in [4.78, 5) is 11.0. The van der Waals surface area contributed by atoms with Crippen molar-refractivity contribution in [2.24, 2.45) is 16.7 Å². The highest BCUT2D eigenvalue weighted by Gasteiger charge is 2.61. The molecule has 0 radical (unpaired) electrons. The Labute approximate surface area is 111 Å². The molecule has 17 heavy (non-hydrogen) atoms. The van der Waals surface area contributed by atoms with Gasteiger partial charge in [0, 0.05) is 0 Å². The summed E-state index contributed by atoms with van der Waals surface area (Å²) in [6.07, 6.45) is 3.88. The lowest BCUT2D eigenvalue weighted by Gasteiger charge is -2.38. The highest BCUT2D eigenvalue weighted by molar-refractivity contribution is 9.09. The van der Waals surface area contributed by atoms with Crippen LogP contribution in [0, 0.1) is 16.7 Å². The number of rotatable bonds is 4. The highest BCUT2D eigenvalue weighted by Crippen LogP contribution is 2.66. The van der Waals surface area contributed by atoms with E-state index in [9.17, 15) is 4.79 Å². The second-order valence-electron chi connectivity index (χ2n) is 6.03. The molecule has 2 aliphatic carbocycles. The van der Waals surface area contributed by atoms with Crippen molar-refractivity contribution in [1.29, 1.82) is 0 Å². The first-order chi connectivity index (χ1) is 7.91. The van der Waals surface area contributed by atoms with Gasteiger partial charge in [-0.15, -0.1) is 0 Å². The van der Waals surface area contributed by atoms with Gasteiger partial charge in [-0.25, -0.2) is 0 Å². The molecule has 0 aromatic rings. The fraction of sp³-hybridized carbons (Fsp3) is 0.923. The van der Waals surface area contributed by atoms with Gasteiger partial charge in [-0.1, -0.05) is 36.7 Å². The van der Waals surface area contributed by atoms with Gasteiger partial charge in [0.25, 0.3) is 0 Å². The lowest BCUT2D eigenvalue weighted by atomic mass is 9.70. The van der Waals surface area contributed by atoms with E-state index in [4.69, 9.17) is 9.47 Å². The summed E-state index contributed by atoms with van der Waals surface area (Å²) in [6, 6.07) is 0. The predicted octanol–water partition coefficient (Wildman–Crippen LogP) is 3.11. The molecule has 2 aliphatic rings. The molecule has 0 saturated heterocycles. The summed E-state index contributed by atoms with van der Waals surface area (Å²) in [5.74, 6) is 0.488. The van der Waals surface area contributed by atoms with Crippen LogP contribution in [0.25, 0.3) is 0 Å². The first-order valence-corrected chi connectivity index (χ1v) is 7.37. The van der Waals surface area contributed by atoms with Gasteiger partial charge in [0.1, 0.15) is 5.33 Å². The van der Waals surface area contributed by atoms with Crippen LogP contribution in [0.3, 0.4) is 0 Å². The van der Waals surface area contributed by atoms with Crippen molar-refractivity contribution in [2.45, 2.75) is 46.1 Å². The smallest absolute Gasteiger partial charge is 0.318 e. The van der Waals surface area contributed by atoms with Gasteiger partial charge in [0.05, 0.1) is 6.10 Å². The van der Waals surface area contributed by atoms with E-state index in [1.807, 2.05) is 0 Å². The van der Waals surface area contributed by atoms with Crippen LogP contribution in [0.15, 0.2) is 0 Å². The molecule has 2 bridgehead atoms. The summed E-state index contributed by atoms with van der Waals surface area (Å²) >= 11 is 3.06. The van der Waals surface area contributed by atoms with Crippen molar-refractivity contribution in [3.63, 3.8) is 0 Å². The average molecular weight is 305 g/mol. The number of carbonyl (C=O) groups excluding carboxylic acids is 1. The van der Waals surface area contributed by atoms with Crippen molar-refractivity contribution < 1.29 is 14.3 Å². The number of hydrogen-bond donors (Lipinski definition) is 0. The van der Waals surface area contributed by atoms with Crippen LogP contribution in [0.1, 0.15) is 40.0 Å². The Morgan fingerprint density at radius 3 is 2.59 bits per heavy atom. The third kappa shape index (κ3) is 2.03. The minimum atomic E-state index is -0.266. The molecule has 3 unspecified atom stereocenters. The molecule has 2 fully saturated rings. The fourth-order valence-corrected chi connectivity index (χ4v) is 3.76. The minimum absolute atomic E-state index is 0.0908. The average Bonchev–Trinajstić information content (AvgIpc) is 2.61. The quantitative estimate of drug-likeness (QED) is 0.455. The normalized spacial score (nSPS) is 38.4. The third-order valence-electron chi connectivity index (χ3n) is 5.31. The van der Waals surface area contributed by atoms with E-state index >= 15 is 0 Å². The Balaban J connectivity index is 1.90. The standard InChI is InChI=1S/C13H21BrO3/c1-12(2)9-4-5-13(12,3)10(6-9)16-8-17-11(15)7-14/h9-10H,4-8H2,1-3H3. The monoisotopic (exact) mass is 304 g/mol. The summed E-state index contributed by atoms with van der Waals surface area (Å²) in [5.41, 5.74) is 0.579. The Hall–Kier alpha value is -0.0900. The molecule has 0 spiro atoms. The lowest BCUT2D eigenvalue weighted by molar-refractivity contribution is -0.166. The zero-order chi connectivity index (χ0) is 12.7. The van der Waals surface area contributed by atoms with E-state index < -0.39 is 0 Å². The minimum Gasteiger partial charge on any atom is -0.438 e. The van der Waals surface area contributed by atoms with E-state index in [0.717, 1.165) is 12.3 Å². The van der Waals surface area contributed by atoms with E-state index in [1.54, 1.807) is 0 Å². The van der Waals surface area contributed by atoms with E-state index in [0.29, 0.717) is 5.41 Å². The van der Waals surface area contributed by atoms with Gasteiger partial charge in [-0.3, -0.25) is 4.79 Å². The Morgan fingerprint density at radius 1 is 1.41 bits per heavy atom. The zero-order valence-corrected chi connectivity index (χ0v) is 12.4. The van der Waals surface area contributed by atoms with Crippen molar-refractivity contribution in [2.75, 3.05) is 12.1 Å². The summed E-state index contributed by atoms with van der Waals surface area (Å²) < 4.78 is 10.8. The van der Waals surface area contributed by atoms with E-state index in [2.05, 4.69) is 36.7 Å². The SMILES string of the molecule is CC1(C)C2CCC1(C)C(OCOC(=O)CBr)C2. The van der Waals surface area contributed by atoms with E-state index in [1.165, 1.54) is 12.8 Å². The summed E-state index contributed by atoms with van der Waals surface area (Å²) in [7, 11) is 0. The van der Waals surface area contributed by atoms with Gasteiger partial charge >= 0.3 is 5.97 Å². The second kappa shape index (κ2) is 4.54. The first-order valence-electron chi connectivity index (χ1n) is 6.25. The number of carbonyl (C=O) groups is 1. The van der Waals surface area contributed by atoms with Crippen molar-refractivity contribution in [3.05, 3.63) is 0 Å². The van der Waals surface area contributed by atoms with Crippen LogP contribution in [-0.4, -0.2) is 24.2 Å². The van der Waals surface area contributed by atoms with Crippen LogP contribution in [0.5, 0.6) is 0 Å². The Morgan fingerprint density at radius 2 is 2.12 bits per heavy atom. The lowest BCUT2D eigenvalue weighted by Crippen LogP contribution is -2.37. The number of alkyl halides is 1. The van der Waals surface area contributed by atoms with Crippen LogP contribution in [0.2, 0.25) is 0 Å². The zero-order valence-electron chi connectivity index (χ0n) is 10.8. The van der Waals surface area contributed by atoms with Gasteiger partial charge in [0.2, 0.25) is 0 Å². The molecule has 0 heterocycles. The van der Waals surface area contributed by atoms with Crippen LogP contribution in [-0.2, 0) is 14.3 Å². The van der Waals surface area contributed by atoms with Gasteiger partial charge in [-0.05, 0) is 36.0 Å². The number of fused-ring (bicyclic) bond motifs is 2. The summed E-state index contributed by atoms with van der Waals surface area (Å²) in [6.45, 7) is 7.10.